The molecule has 0 bridgehead atoms. The summed E-state index contributed by atoms with van der Waals surface area (Å²) in [6, 6.07) is 4.27. The van der Waals surface area contributed by atoms with Gasteiger partial charge in [0.25, 0.3) is 0 Å². The molecule has 0 unspecified atom stereocenters. The van der Waals surface area contributed by atoms with Crippen LogP contribution in [0.25, 0.3) is 0 Å². The number of hydrogen-bond acceptors (Lipinski definition) is 3. The van der Waals surface area contributed by atoms with E-state index in [4.69, 9.17) is 6.85 Å². The van der Waals surface area contributed by atoms with Crippen LogP contribution in [0.1, 0.15) is 12.4 Å². The predicted molar refractivity (Wildman–Crippen MR) is 64.9 cm³/mol. The molecule has 0 spiro atoms. The van der Waals surface area contributed by atoms with Crippen molar-refractivity contribution < 1.29 is 46.3 Å². The normalized spacial score (nSPS) is 13.2. The van der Waals surface area contributed by atoms with Crippen molar-refractivity contribution >= 4 is 17.3 Å². The van der Waals surface area contributed by atoms with Crippen molar-refractivity contribution in [2.45, 2.75) is 6.42 Å². The molecule has 0 aromatic heterocycles. The number of carboxylic acids is 1. The number of carbonyl (C=O) groups is 1. The molecule has 0 amide bonds. The average Bonchev–Trinajstić information content (AvgIpc) is 2.48. The number of rotatable bonds is 4. The number of para-hydroxylation sites is 2. The van der Waals surface area contributed by atoms with Crippen molar-refractivity contribution in [3.63, 3.8) is 0 Å². The molecule has 0 saturated heterocycles. The first kappa shape index (κ1) is 8.75. The van der Waals surface area contributed by atoms with Crippen LogP contribution in [0.5, 0.6) is 0 Å². The van der Waals surface area contributed by atoms with Gasteiger partial charge in [-0.3, -0.25) is 0 Å². The predicted octanol–water partition coefficient (Wildman–Crippen LogP) is -1.27. The van der Waals surface area contributed by atoms with Gasteiger partial charge < -0.3 is 15.2 Å². The third kappa shape index (κ3) is 4.18. The Kier molecular flexibility index (Phi) is 3.51. The van der Waals surface area contributed by atoms with Gasteiger partial charge >= 0.3 is 29.6 Å². The first-order valence-corrected chi connectivity index (χ1v) is 4.94. The Morgan fingerprint density at radius 1 is 1.22 bits per heavy atom. The van der Waals surface area contributed by atoms with Crippen LogP contribution in [0.3, 0.4) is 0 Å². The zero-order valence-corrected chi connectivity index (χ0v) is 11.8. The van der Waals surface area contributed by atoms with Gasteiger partial charge in [-0.1, -0.05) is 36.3 Å². The van der Waals surface area contributed by atoms with E-state index >= 15 is 0 Å². The summed E-state index contributed by atoms with van der Waals surface area (Å²) in [5.41, 5.74) is 0.649. The summed E-state index contributed by atoms with van der Waals surface area (Å²) in [5.74, 6) is -1.27. The molecule has 0 atom stereocenters. The molecule has 2 rings (SSSR count). The van der Waals surface area contributed by atoms with Gasteiger partial charge in [-0.2, -0.15) is 0 Å². The topological polar surface area (TPSA) is 52.2 Å². The van der Waals surface area contributed by atoms with E-state index < -0.39 is 24.1 Å². The van der Waals surface area contributed by atoms with Gasteiger partial charge in [0.1, 0.15) is 0 Å². The summed E-state index contributed by atoms with van der Waals surface area (Å²) in [7, 11) is 0. The van der Waals surface area contributed by atoms with Crippen LogP contribution in [0, 0.1) is 0 Å². The summed E-state index contributed by atoms with van der Waals surface area (Å²) < 4.78 is 38.4. The maximum absolute atomic E-state index is 10.8. The molecule has 2 aromatic rings. The molecular weight excluding hydrogens is 237 g/mol. The van der Waals surface area contributed by atoms with E-state index in [0.29, 0.717) is 11.3 Å². The van der Waals surface area contributed by atoms with Gasteiger partial charge in [0.15, 0.2) is 0 Å². The molecule has 3 nitrogen and oxygen atoms in total. The van der Waals surface area contributed by atoms with Crippen molar-refractivity contribution in [1.82, 2.24) is 0 Å². The smallest absolute Gasteiger partial charge is 0.550 e. The van der Waals surface area contributed by atoms with Crippen molar-refractivity contribution in [2.24, 2.45) is 0 Å². The standard InChI is InChI=1S/C14H13NO2.Na/c16-14(17)10-11-6-4-5-9-13(11)15-12-7-2-1-3-8-12;/h1-9,15H,10H2,(H,16,17);/q;+1/p-1/i1D,2D,3D,7D,8D;. The molecule has 2 aromatic carbocycles. The summed E-state index contributed by atoms with van der Waals surface area (Å²) in [6.45, 7) is 0. The SMILES string of the molecule is [2H]c1c([2H])c([2H])c(Nc2ccccc2CC(=O)[O-])c([2H])c1[2H].[Na+]. The number of benzene rings is 2. The summed E-state index contributed by atoms with van der Waals surface area (Å²) in [5, 5.41) is 13.5. The Bertz CT molecular complexity index is 725. The van der Waals surface area contributed by atoms with Crippen molar-refractivity contribution in [1.29, 1.82) is 0 Å². The van der Waals surface area contributed by atoms with Gasteiger partial charge in [-0.15, -0.1) is 0 Å². The van der Waals surface area contributed by atoms with Crippen LogP contribution in [-0.2, 0) is 11.2 Å². The van der Waals surface area contributed by atoms with Crippen LogP contribution in [0.15, 0.2) is 54.5 Å². The summed E-state index contributed by atoms with van der Waals surface area (Å²) >= 11 is 0. The van der Waals surface area contributed by atoms with Crippen LogP contribution < -0.4 is 40.0 Å². The molecule has 0 radical (unpaired) electrons. The maximum atomic E-state index is 10.8. The number of carboxylic acid groups (broad SMARTS) is 1. The van der Waals surface area contributed by atoms with Gasteiger partial charge in [0.05, 0.1) is 6.85 Å². The quantitative estimate of drug-likeness (QED) is 0.692. The molecule has 0 aliphatic carbocycles. The van der Waals surface area contributed by atoms with E-state index in [1.807, 2.05) is 0 Å². The minimum absolute atomic E-state index is 0. The second-order valence-corrected chi connectivity index (χ2v) is 3.33. The van der Waals surface area contributed by atoms with Crippen LogP contribution in [-0.4, -0.2) is 5.97 Å². The summed E-state index contributed by atoms with van der Waals surface area (Å²) in [6.07, 6.45) is -0.345. The largest absolute Gasteiger partial charge is 1.00 e. The van der Waals surface area contributed by atoms with Gasteiger partial charge in [-0.05, 0) is 23.7 Å². The van der Waals surface area contributed by atoms with Gasteiger partial charge in [0.2, 0.25) is 0 Å². The minimum Gasteiger partial charge on any atom is -0.550 e. The van der Waals surface area contributed by atoms with Crippen molar-refractivity contribution in [2.75, 3.05) is 5.32 Å². The molecule has 0 aliphatic rings. The second kappa shape index (κ2) is 7.21. The molecule has 4 heteroatoms. The Labute approximate surface area is 135 Å². The zero-order chi connectivity index (χ0) is 16.4. The molecule has 0 aliphatic heterocycles. The molecule has 0 saturated carbocycles. The molecule has 0 heterocycles. The molecule has 86 valence electrons. The number of aliphatic carboxylic acids is 1. The van der Waals surface area contributed by atoms with Crippen LogP contribution >= 0.6 is 0 Å². The number of nitrogens with one attached hydrogen (secondary N) is 1. The fraction of sp³-hybridized carbons (Fsp3) is 0.0714. The fourth-order valence-electron chi connectivity index (χ4n) is 1.40. The third-order valence-corrected chi connectivity index (χ3v) is 2.11. The molecular formula is C14H12NNaO2. The zero-order valence-electron chi connectivity index (χ0n) is 14.8. The van der Waals surface area contributed by atoms with E-state index in [0.717, 1.165) is 0 Å². The van der Waals surface area contributed by atoms with Crippen molar-refractivity contribution in [3.8, 4) is 0 Å². The first-order valence-electron chi connectivity index (χ1n) is 7.44. The fourth-order valence-corrected chi connectivity index (χ4v) is 1.40. The second-order valence-electron chi connectivity index (χ2n) is 3.33. The summed E-state index contributed by atoms with van der Waals surface area (Å²) in [4.78, 5) is 10.8. The van der Waals surface area contributed by atoms with Crippen LogP contribution in [0.2, 0.25) is 0 Å². The Hall–Kier alpha value is -1.29. The van der Waals surface area contributed by atoms with E-state index in [2.05, 4.69) is 5.32 Å². The van der Waals surface area contributed by atoms with E-state index in [1.165, 1.54) is 0 Å². The Morgan fingerprint density at radius 2 is 1.89 bits per heavy atom. The third-order valence-electron chi connectivity index (χ3n) is 2.11. The molecule has 1 N–H and O–H groups in total. The first-order chi connectivity index (χ1) is 10.3. The number of anilines is 2. The van der Waals surface area contributed by atoms with E-state index in [1.54, 1.807) is 24.3 Å². The number of hydrogen-bond donors (Lipinski definition) is 1. The van der Waals surface area contributed by atoms with Crippen molar-refractivity contribution in [3.05, 3.63) is 60.0 Å². The Morgan fingerprint density at radius 3 is 2.56 bits per heavy atom. The Balaban J connectivity index is 0.00000264. The number of carbonyl (C=O) groups excluding carboxylic acids is 1. The van der Waals surface area contributed by atoms with Gasteiger partial charge in [0, 0.05) is 23.8 Å². The van der Waals surface area contributed by atoms with E-state index in [9.17, 15) is 9.90 Å². The monoisotopic (exact) mass is 254 g/mol. The van der Waals surface area contributed by atoms with Gasteiger partial charge in [-0.25, -0.2) is 0 Å². The minimum atomic E-state index is -1.27. The average molecular weight is 254 g/mol. The van der Waals surface area contributed by atoms with Crippen LogP contribution in [0.4, 0.5) is 11.4 Å². The maximum Gasteiger partial charge on any atom is 1.00 e. The molecule has 18 heavy (non-hydrogen) atoms. The molecule has 0 fully saturated rings. The van der Waals surface area contributed by atoms with E-state index in [-0.39, 0.29) is 53.8 Å².